The Balaban J connectivity index is 1.29. The molecule has 2 amide bonds. The summed E-state index contributed by atoms with van der Waals surface area (Å²) in [6.07, 6.45) is 3.86. The zero-order valence-corrected chi connectivity index (χ0v) is 19.3. The van der Waals surface area contributed by atoms with Crippen molar-refractivity contribution in [2.24, 2.45) is 7.05 Å². The van der Waals surface area contributed by atoms with Gasteiger partial charge in [0.05, 0.1) is 12.4 Å². The molecule has 0 unspecified atom stereocenters. The van der Waals surface area contributed by atoms with Gasteiger partial charge in [0.2, 0.25) is 5.43 Å². The average molecular weight is 482 g/mol. The fraction of sp³-hybridized carbons (Fsp3) is 0.348. The maximum Gasteiger partial charge on any atom is 0.411 e. The maximum atomic E-state index is 12.4. The Morgan fingerprint density at radius 3 is 2.69 bits per heavy atom. The van der Waals surface area contributed by atoms with Crippen LogP contribution in [0.15, 0.2) is 53.7 Å². The van der Waals surface area contributed by atoms with Crippen LogP contribution >= 0.6 is 0 Å². The number of rotatable bonds is 7. The van der Waals surface area contributed by atoms with Crippen molar-refractivity contribution in [3.8, 4) is 5.69 Å². The lowest BCUT2D eigenvalue weighted by atomic mass is 10.1. The summed E-state index contributed by atoms with van der Waals surface area (Å²) < 4.78 is 8.53. The first-order valence-electron chi connectivity index (χ1n) is 11.2. The topological polar surface area (TPSA) is 135 Å². The Bertz CT molecular complexity index is 1250. The molecular formula is C23H27N7O5. The van der Waals surface area contributed by atoms with E-state index in [1.165, 1.54) is 11.0 Å². The molecule has 2 aromatic heterocycles. The zero-order chi connectivity index (χ0) is 24.8. The Kier molecular flexibility index (Phi) is 7.41. The van der Waals surface area contributed by atoms with Gasteiger partial charge in [0, 0.05) is 64.1 Å². The standard InChI is InChI=1S/C23H27N7O5/c1-27-16-19(15-24-27)30-6-5-21(31)20(26-30)14-17-3-2-4-18(13-17)25-22(32)35-12-11-28-7-9-29(10-8-28)23(33)34/h2-6,13,15-16H,7-12,14H2,1H3,(H,25,32)(H,33,34). The lowest BCUT2D eigenvalue weighted by Crippen LogP contribution is -2.49. The van der Waals surface area contributed by atoms with Crippen LogP contribution < -0.4 is 10.7 Å². The SMILES string of the molecule is Cn1cc(-n2ccc(=O)c(Cc3cccc(NC(=O)OCCN4CCN(C(=O)O)CC4)c3)n2)cn1. The molecule has 35 heavy (non-hydrogen) atoms. The number of piperazine rings is 1. The first-order valence-corrected chi connectivity index (χ1v) is 11.2. The molecule has 0 spiro atoms. The minimum absolute atomic E-state index is 0.174. The molecule has 4 rings (SSSR count). The number of hydrogen-bond donors (Lipinski definition) is 2. The molecule has 1 saturated heterocycles. The van der Waals surface area contributed by atoms with Crippen LogP contribution in [0.4, 0.5) is 15.3 Å². The molecule has 2 N–H and O–H groups in total. The van der Waals surface area contributed by atoms with E-state index in [0.29, 0.717) is 50.5 Å². The molecule has 0 radical (unpaired) electrons. The van der Waals surface area contributed by atoms with Crippen LogP contribution in [0.2, 0.25) is 0 Å². The smallest absolute Gasteiger partial charge is 0.411 e. The minimum atomic E-state index is -0.912. The second kappa shape index (κ2) is 10.8. The lowest BCUT2D eigenvalue weighted by molar-refractivity contribution is 0.0909. The van der Waals surface area contributed by atoms with Crippen molar-refractivity contribution in [3.05, 3.63) is 70.4 Å². The summed E-state index contributed by atoms with van der Waals surface area (Å²) in [6, 6.07) is 8.62. The first-order chi connectivity index (χ1) is 16.9. The van der Waals surface area contributed by atoms with Crippen LogP contribution in [-0.4, -0.2) is 86.0 Å². The number of aryl methyl sites for hydroxylation is 1. The molecule has 1 aromatic carbocycles. The Morgan fingerprint density at radius 1 is 1.17 bits per heavy atom. The van der Waals surface area contributed by atoms with Crippen LogP contribution in [0.25, 0.3) is 5.69 Å². The summed E-state index contributed by atoms with van der Waals surface area (Å²) in [7, 11) is 1.80. The van der Waals surface area contributed by atoms with Gasteiger partial charge in [-0.2, -0.15) is 10.2 Å². The van der Waals surface area contributed by atoms with Gasteiger partial charge in [-0.3, -0.25) is 19.7 Å². The molecule has 184 valence electrons. The van der Waals surface area contributed by atoms with Gasteiger partial charge < -0.3 is 14.7 Å². The molecule has 12 heteroatoms. The van der Waals surface area contributed by atoms with E-state index < -0.39 is 12.2 Å². The van der Waals surface area contributed by atoms with Gasteiger partial charge in [-0.1, -0.05) is 12.1 Å². The second-order valence-electron chi connectivity index (χ2n) is 8.19. The molecule has 12 nitrogen and oxygen atoms in total. The van der Waals surface area contributed by atoms with Gasteiger partial charge in [-0.25, -0.2) is 14.3 Å². The highest BCUT2D eigenvalue weighted by molar-refractivity contribution is 5.84. The predicted octanol–water partition coefficient (Wildman–Crippen LogP) is 1.40. The number of nitrogens with one attached hydrogen (secondary N) is 1. The summed E-state index contributed by atoms with van der Waals surface area (Å²) in [4.78, 5) is 39.0. The molecule has 1 aliphatic heterocycles. The summed E-state index contributed by atoms with van der Waals surface area (Å²) in [5.41, 5.74) is 2.31. The van der Waals surface area contributed by atoms with Gasteiger partial charge >= 0.3 is 12.2 Å². The van der Waals surface area contributed by atoms with Crippen molar-refractivity contribution in [2.75, 3.05) is 44.6 Å². The number of anilines is 1. The highest BCUT2D eigenvalue weighted by atomic mass is 16.5. The van der Waals surface area contributed by atoms with Gasteiger partial charge in [0.1, 0.15) is 18.0 Å². The van der Waals surface area contributed by atoms with Gasteiger partial charge in [-0.15, -0.1) is 0 Å². The third-order valence-electron chi connectivity index (χ3n) is 5.66. The average Bonchev–Trinajstić information content (AvgIpc) is 3.27. The van der Waals surface area contributed by atoms with Crippen LogP contribution in [0.5, 0.6) is 0 Å². The number of carbonyl (C=O) groups is 2. The normalized spacial score (nSPS) is 14.0. The Morgan fingerprint density at radius 2 is 1.97 bits per heavy atom. The number of ether oxygens (including phenoxy) is 1. The van der Waals surface area contributed by atoms with Crippen molar-refractivity contribution in [2.45, 2.75) is 6.42 Å². The van der Waals surface area contributed by atoms with E-state index in [1.807, 2.05) is 6.07 Å². The number of hydrogen-bond acceptors (Lipinski definition) is 7. The number of aromatic nitrogens is 4. The highest BCUT2D eigenvalue weighted by Crippen LogP contribution is 2.14. The number of benzene rings is 1. The van der Waals surface area contributed by atoms with Crippen molar-refractivity contribution in [3.63, 3.8) is 0 Å². The van der Waals surface area contributed by atoms with Crippen LogP contribution in [-0.2, 0) is 18.2 Å². The van der Waals surface area contributed by atoms with E-state index in [0.717, 1.165) is 11.3 Å². The molecule has 3 aromatic rings. The molecule has 0 aliphatic carbocycles. The predicted molar refractivity (Wildman–Crippen MR) is 127 cm³/mol. The largest absolute Gasteiger partial charge is 0.465 e. The first kappa shape index (κ1) is 24.0. The Hall–Kier alpha value is -4.19. The molecular weight excluding hydrogens is 454 g/mol. The van der Waals surface area contributed by atoms with Crippen molar-refractivity contribution >= 4 is 17.9 Å². The van der Waals surface area contributed by atoms with Gasteiger partial charge in [0.15, 0.2) is 0 Å². The number of amides is 2. The van der Waals surface area contributed by atoms with E-state index in [-0.39, 0.29) is 12.0 Å². The van der Waals surface area contributed by atoms with E-state index in [2.05, 4.69) is 20.4 Å². The highest BCUT2D eigenvalue weighted by Gasteiger charge is 2.20. The fourth-order valence-corrected chi connectivity index (χ4v) is 3.78. The molecule has 0 atom stereocenters. The molecule has 1 aliphatic rings. The van der Waals surface area contributed by atoms with E-state index >= 15 is 0 Å². The van der Waals surface area contributed by atoms with Crippen LogP contribution in [0.1, 0.15) is 11.3 Å². The van der Waals surface area contributed by atoms with E-state index in [9.17, 15) is 14.4 Å². The van der Waals surface area contributed by atoms with E-state index in [1.54, 1.807) is 53.2 Å². The van der Waals surface area contributed by atoms with Gasteiger partial charge in [0.25, 0.3) is 0 Å². The summed E-state index contributed by atoms with van der Waals surface area (Å²) >= 11 is 0. The summed E-state index contributed by atoms with van der Waals surface area (Å²) in [5.74, 6) is 0. The Labute approximate surface area is 201 Å². The number of nitrogens with zero attached hydrogens (tertiary/aromatic N) is 6. The number of carboxylic acid groups (broad SMARTS) is 1. The second-order valence-corrected chi connectivity index (χ2v) is 8.19. The minimum Gasteiger partial charge on any atom is -0.465 e. The van der Waals surface area contributed by atoms with Crippen LogP contribution in [0.3, 0.4) is 0 Å². The monoisotopic (exact) mass is 481 g/mol. The fourth-order valence-electron chi connectivity index (χ4n) is 3.78. The molecule has 0 saturated carbocycles. The summed E-state index contributed by atoms with van der Waals surface area (Å²) in [5, 5.41) is 20.3. The number of carbonyl (C=O) groups excluding carboxylic acids is 1. The third-order valence-corrected chi connectivity index (χ3v) is 5.66. The van der Waals surface area contributed by atoms with Gasteiger partial charge in [-0.05, 0) is 17.7 Å². The molecule has 3 heterocycles. The van der Waals surface area contributed by atoms with Crippen molar-refractivity contribution < 1.29 is 19.4 Å². The molecule has 1 fully saturated rings. The van der Waals surface area contributed by atoms with E-state index in [4.69, 9.17) is 9.84 Å². The van der Waals surface area contributed by atoms with Crippen molar-refractivity contribution in [1.82, 2.24) is 29.4 Å². The third kappa shape index (κ3) is 6.44. The molecule has 0 bridgehead atoms. The van der Waals surface area contributed by atoms with Crippen LogP contribution in [0, 0.1) is 0 Å². The van der Waals surface area contributed by atoms with Crippen molar-refractivity contribution in [1.29, 1.82) is 0 Å². The quantitative estimate of drug-likeness (QED) is 0.517. The maximum absolute atomic E-state index is 12.4. The zero-order valence-electron chi connectivity index (χ0n) is 19.3. The lowest BCUT2D eigenvalue weighted by Gasteiger charge is -2.32. The summed E-state index contributed by atoms with van der Waals surface area (Å²) in [6.45, 7) is 2.82.